The van der Waals surface area contributed by atoms with Crippen molar-refractivity contribution in [3.8, 4) is 11.3 Å². The Bertz CT molecular complexity index is 1890. The molecular formula is C36H47N7O4S. The maximum absolute atomic E-state index is 14.2. The smallest absolute Gasteiger partial charge is 0.407 e. The molecule has 48 heavy (non-hydrogen) atoms. The van der Waals surface area contributed by atoms with E-state index in [0.717, 1.165) is 80.2 Å². The monoisotopic (exact) mass is 673 g/mol. The van der Waals surface area contributed by atoms with Crippen LogP contribution in [0.3, 0.4) is 0 Å². The first-order valence-electron chi connectivity index (χ1n) is 17.1. The molecule has 2 fully saturated rings. The third kappa shape index (κ3) is 6.59. The minimum absolute atomic E-state index is 0.0489. The molecule has 3 aromatic heterocycles. The number of aryl methyl sites for hydroxylation is 2. The molecule has 0 atom stereocenters. The number of fused-ring (bicyclic) bond motifs is 1. The minimum Gasteiger partial charge on any atom is -0.465 e. The molecule has 2 aliphatic rings. The summed E-state index contributed by atoms with van der Waals surface area (Å²) in [6.07, 6.45) is 9.12. The van der Waals surface area contributed by atoms with Crippen molar-refractivity contribution in [1.82, 2.24) is 23.8 Å². The van der Waals surface area contributed by atoms with Crippen LogP contribution < -0.4 is 10.2 Å². The Morgan fingerprint density at radius 1 is 1.04 bits per heavy atom. The number of rotatable bonds is 9. The van der Waals surface area contributed by atoms with Crippen LogP contribution >= 0.6 is 0 Å². The predicted molar refractivity (Wildman–Crippen MR) is 189 cm³/mol. The van der Waals surface area contributed by atoms with Gasteiger partial charge < -0.3 is 20.2 Å². The van der Waals surface area contributed by atoms with Gasteiger partial charge in [-0.3, -0.25) is 0 Å². The van der Waals surface area contributed by atoms with E-state index in [1.54, 1.807) is 29.4 Å². The molecule has 1 saturated carbocycles. The second-order valence-corrected chi connectivity index (χ2v) is 15.9. The topological polar surface area (TPSA) is 134 Å². The normalized spacial score (nSPS) is 18.7. The van der Waals surface area contributed by atoms with Crippen molar-refractivity contribution in [2.24, 2.45) is 0 Å². The summed E-state index contributed by atoms with van der Waals surface area (Å²) >= 11 is 0. The Labute approximate surface area is 283 Å². The summed E-state index contributed by atoms with van der Waals surface area (Å²) in [5.74, 6) is 0.679. The van der Waals surface area contributed by atoms with Gasteiger partial charge >= 0.3 is 6.09 Å². The Morgan fingerprint density at radius 2 is 1.73 bits per heavy atom. The van der Waals surface area contributed by atoms with Gasteiger partial charge in [-0.1, -0.05) is 31.0 Å². The number of carboxylic acid groups (broad SMARTS) is 1. The molecule has 1 aromatic carbocycles. The average Bonchev–Trinajstić information content (AvgIpc) is 3.71. The van der Waals surface area contributed by atoms with Crippen molar-refractivity contribution in [1.29, 1.82) is 0 Å². The zero-order valence-corrected chi connectivity index (χ0v) is 29.4. The lowest BCUT2D eigenvalue weighted by atomic mass is 9.87. The van der Waals surface area contributed by atoms with Gasteiger partial charge in [-0.2, -0.15) is 0 Å². The maximum atomic E-state index is 14.2. The van der Waals surface area contributed by atoms with Crippen molar-refractivity contribution < 1.29 is 18.3 Å². The molecule has 12 heteroatoms. The first-order chi connectivity index (χ1) is 22.9. The van der Waals surface area contributed by atoms with E-state index in [2.05, 4.69) is 15.2 Å². The molecule has 0 spiro atoms. The average molecular weight is 674 g/mol. The fourth-order valence-electron chi connectivity index (χ4n) is 7.28. The van der Waals surface area contributed by atoms with Crippen LogP contribution in [-0.4, -0.2) is 74.2 Å². The summed E-state index contributed by atoms with van der Waals surface area (Å²) in [5.41, 5.74) is 3.82. The van der Waals surface area contributed by atoms with Crippen LogP contribution in [0.2, 0.25) is 0 Å². The minimum atomic E-state index is -3.94. The number of aromatic nitrogens is 4. The lowest BCUT2D eigenvalue weighted by Crippen LogP contribution is -2.52. The van der Waals surface area contributed by atoms with E-state index in [-0.39, 0.29) is 17.0 Å². The third-order valence-corrected chi connectivity index (χ3v) is 11.3. The summed E-state index contributed by atoms with van der Waals surface area (Å²) < 4.78 is 29.9. The Morgan fingerprint density at radius 3 is 2.35 bits per heavy atom. The summed E-state index contributed by atoms with van der Waals surface area (Å²) in [5, 5.41) is 14.5. The van der Waals surface area contributed by atoms with Crippen LogP contribution in [0, 0.1) is 6.92 Å². The van der Waals surface area contributed by atoms with Crippen LogP contribution in [0.5, 0.6) is 0 Å². The number of pyridine rings is 1. The van der Waals surface area contributed by atoms with Gasteiger partial charge in [0.05, 0.1) is 16.3 Å². The first kappa shape index (κ1) is 33.7. The quantitative estimate of drug-likeness (QED) is 0.191. The summed E-state index contributed by atoms with van der Waals surface area (Å²) in [4.78, 5) is 30.6. The molecule has 0 radical (unpaired) electrons. The van der Waals surface area contributed by atoms with Gasteiger partial charge in [0.1, 0.15) is 0 Å². The zero-order chi connectivity index (χ0) is 34.2. The van der Waals surface area contributed by atoms with Crippen molar-refractivity contribution >= 4 is 38.8 Å². The zero-order valence-electron chi connectivity index (χ0n) is 28.6. The predicted octanol–water partition coefficient (Wildman–Crippen LogP) is 7.09. The lowest BCUT2D eigenvalue weighted by molar-refractivity contribution is 0.0557. The van der Waals surface area contributed by atoms with Gasteiger partial charge in [0.2, 0.25) is 5.95 Å². The molecule has 0 unspecified atom stereocenters. The van der Waals surface area contributed by atoms with E-state index in [1.165, 1.54) is 3.97 Å². The SMILES string of the molecule is CCCc1cc2c(N[C@H]3CC[C@H](N(C(=O)O)C(C)(C)C)CC3)c(-c3ccnc(N4CCCC4)n3)cnc2n1S(=O)(=O)c1ccc(C)cc1. The Balaban J connectivity index is 1.45. The van der Waals surface area contributed by atoms with Crippen molar-refractivity contribution in [3.05, 3.63) is 60.0 Å². The molecule has 1 aliphatic carbocycles. The first-order valence-corrected chi connectivity index (χ1v) is 18.5. The van der Waals surface area contributed by atoms with E-state index in [0.29, 0.717) is 29.4 Å². The summed E-state index contributed by atoms with van der Waals surface area (Å²) in [7, 11) is -3.94. The molecule has 4 aromatic rings. The van der Waals surface area contributed by atoms with Gasteiger partial charge in [0.25, 0.3) is 10.0 Å². The highest BCUT2D eigenvalue weighted by Gasteiger charge is 2.36. The molecule has 6 rings (SSSR count). The van der Waals surface area contributed by atoms with E-state index >= 15 is 0 Å². The number of carbonyl (C=O) groups is 1. The Kier molecular flexibility index (Phi) is 9.39. The molecule has 1 aliphatic heterocycles. The molecule has 1 amide bonds. The molecule has 2 N–H and O–H groups in total. The fraction of sp³-hybridized carbons (Fsp3) is 0.500. The molecular weight excluding hydrogens is 627 g/mol. The van der Waals surface area contributed by atoms with Crippen molar-refractivity contribution in [2.75, 3.05) is 23.3 Å². The standard InChI is InChI=1S/C36H47N7O4S/c1-6-9-27-22-29-32(39-25-12-14-26(15-13-25)42(35(44)45)36(3,4)5)30(31-18-19-37-34(40-31)41-20-7-8-21-41)23-38-33(29)43(27)48(46,47)28-16-10-24(2)11-17-28/h10-11,16-19,22-23,25-26H,6-9,12-15,20-21H2,1-5H3,(H,38,39)(H,44,45)/t25-,26-. The second kappa shape index (κ2) is 13.4. The number of anilines is 2. The number of hydrogen-bond donors (Lipinski definition) is 2. The number of benzene rings is 1. The summed E-state index contributed by atoms with van der Waals surface area (Å²) in [6, 6.07) is 10.7. The van der Waals surface area contributed by atoms with Gasteiger partial charge in [0, 0.05) is 59.7 Å². The second-order valence-electron chi connectivity index (χ2n) is 14.2. The highest BCUT2D eigenvalue weighted by atomic mass is 32.2. The molecule has 1 saturated heterocycles. The largest absolute Gasteiger partial charge is 0.465 e. The molecule has 256 valence electrons. The third-order valence-electron chi connectivity index (χ3n) is 9.57. The van der Waals surface area contributed by atoms with E-state index < -0.39 is 21.7 Å². The van der Waals surface area contributed by atoms with Crippen LogP contribution in [0.4, 0.5) is 16.4 Å². The van der Waals surface area contributed by atoms with E-state index in [9.17, 15) is 18.3 Å². The number of nitrogens with zero attached hydrogens (tertiary/aromatic N) is 6. The number of hydrogen-bond acceptors (Lipinski definition) is 8. The van der Waals surface area contributed by atoms with Crippen LogP contribution in [0.25, 0.3) is 22.3 Å². The fourth-order valence-corrected chi connectivity index (χ4v) is 8.80. The van der Waals surface area contributed by atoms with Gasteiger partial charge in [0.15, 0.2) is 5.65 Å². The van der Waals surface area contributed by atoms with Gasteiger partial charge in [-0.05, 0) is 96.9 Å². The summed E-state index contributed by atoms with van der Waals surface area (Å²) in [6.45, 7) is 11.6. The van der Waals surface area contributed by atoms with E-state index in [4.69, 9.17) is 9.97 Å². The highest BCUT2D eigenvalue weighted by molar-refractivity contribution is 7.90. The van der Waals surface area contributed by atoms with Crippen LogP contribution in [0.15, 0.2) is 53.7 Å². The maximum Gasteiger partial charge on any atom is 0.407 e. The van der Waals surface area contributed by atoms with Crippen molar-refractivity contribution in [2.45, 2.75) is 109 Å². The van der Waals surface area contributed by atoms with Crippen molar-refractivity contribution in [3.63, 3.8) is 0 Å². The number of amides is 1. The highest BCUT2D eigenvalue weighted by Crippen LogP contribution is 2.39. The van der Waals surface area contributed by atoms with E-state index in [1.807, 2.05) is 58.9 Å². The molecule has 11 nitrogen and oxygen atoms in total. The van der Waals surface area contributed by atoms with Crippen LogP contribution in [0.1, 0.15) is 83.9 Å². The Hall–Kier alpha value is -4.19. The van der Waals surface area contributed by atoms with Gasteiger partial charge in [-0.25, -0.2) is 32.1 Å². The lowest BCUT2D eigenvalue weighted by Gasteiger charge is -2.43. The molecule has 4 heterocycles. The van der Waals surface area contributed by atoms with Crippen LogP contribution in [-0.2, 0) is 16.4 Å². The number of nitrogens with one attached hydrogen (secondary N) is 1. The van der Waals surface area contributed by atoms with Gasteiger partial charge in [-0.15, -0.1) is 0 Å². The molecule has 0 bridgehead atoms.